The molecule has 0 aromatic heterocycles. The summed E-state index contributed by atoms with van der Waals surface area (Å²) in [4.78, 5) is 24.7. The summed E-state index contributed by atoms with van der Waals surface area (Å²) in [5.41, 5.74) is 2.11. The van der Waals surface area contributed by atoms with Gasteiger partial charge in [-0.1, -0.05) is 18.2 Å². The van der Waals surface area contributed by atoms with Gasteiger partial charge in [0.05, 0.1) is 6.42 Å². The second kappa shape index (κ2) is 6.41. The number of aliphatic carboxylic acids is 1. The van der Waals surface area contributed by atoms with E-state index in [9.17, 15) is 9.59 Å². The molecule has 2 rings (SSSR count). The Morgan fingerprint density at radius 2 is 2.10 bits per heavy atom. The van der Waals surface area contributed by atoms with Crippen LogP contribution in [0.4, 0.5) is 10.5 Å². The van der Waals surface area contributed by atoms with Crippen molar-refractivity contribution in [3.8, 4) is 0 Å². The molecule has 0 spiro atoms. The minimum atomic E-state index is -0.908. The van der Waals surface area contributed by atoms with Crippen LogP contribution in [0.3, 0.4) is 0 Å². The van der Waals surface area contributed by atoms with Crippen LogP contribution in [0.5, 0.6) is 0 Å². The zero-order valence-corrected chi connectivity index (χ0v) is 11.6. The zero-order chi connectivity index (χ0) is 14.5. The number of rotatable bonds is 3. The van der Waals surface area contributed by atoms with Crippen molar-refractivity contribution in [3.63, 3.8) is 0 Å². The quantitative estimate of drug-likeness (QED) is 0.890. The van der Waals surface area contributed by atoms with E-state index in [0.29, 0.717) is 6.54 Å². The van der Waals surface area contributed by atoms with Crippen LogP contribution in [-0.2, 0) is 11.2 Å². The van der Waals surface area contributed by atoms with Crippen molar-refractivity contribution < 1.29 is 14.7 Å². The lowest BCUT2D eigenvalue weighted by Crippen LogP contribution is -2.45. The number of hydrogen-bond acceptors (Lipinski definition) is 2. The molecule has 0 saturated carbocycles. The molecular formula is C15H20N2O3. The van der Waals surface area contributed by atoms with Crippen LogP contribution < -0.4 is 10.2 Å². The van der Waals surface area contributed by atoms with E-state index in [2.05, 4.69) is 5.32 Å². The van der Waals surface area contributed by atoms with Gasteiger partial charge in [-0.3, -0.25) is 9.69 Å². The maximum absolute atomic E-state index is 12.3. The Morgan fingerprint density at radius 3 is 2.85 bits per heavy atom. The summed E-state index contributed by atoms with van der Waals surface area (Å²) < 4.78 is 0. The molecule has 1 unspecified atom stereocenters. The number of nitrogens with zero attached hydrogens (tertiary/aromatic N) is 1. The van der Waals surface area contributed by atoms with Crippen LogP contribution in [0, 0.1) is 0 Å². The van der Waals surface area contributed by atoms with Crippen LogP contribution >= 0.6 is 0 Å². The Morgan fingerprint density at radius 1 is 1.35 bits per heavy atom. The van der Waals surface area contributed by atoms with Gasteiger partial charge in [0, 0.05) is 18.3 Å². The number of hydrogen-bond donors (Lipinski definition) is 2. The molecule has 0 aliphatic carbocycles. The zero-order valence-electron chi connectivity index (χ0n) is 11.6. The lowest BCUT2D eigenvalue weighted by atomic mass is 10.1. The third-order valence-corrected chi connectivity index (χ3v) is 3.46. The number of carboxylic acids is 1. The number of fused-ring (bicyclic) bond motifs is 1. The Bertz CT molecular complexity index is 502. The fourth-order valence-electron chi connectivity index (χ4n) is 2.50. The van der Waals surface area contributed by atoms with Gasteiger partial charge in [0.1, 0.15) is 0 Å². The lowest BCUT2D eigenvalue weighted by Gasteiger charge is -2.25. The van der Waals surface area contributed by atoms with Crippen molar-refractivity contribution in [2.45, 2.75) is 38.6 Å². The van der Waals surface area contributed by atoms with Gasteiger partial charge in [-0.25, -0.2) is 4.79 Å². The summed E-state index contributed by atoms with van der Waals surface area (Å²) in [7, 11) is 0. The monoisotopic (exact) mass is 276 g/mol. The molecule has 2 amide bonds. The molecule has 1 aromatic rings. The molecule has 1 aliphatic rings. The third kappa shape index (κ3) is 3.50. The van der Waals surface area contributed by atoms with E-state index in [-0.39, 0.29) is 18.5 Å². The minimum absolute atomic E-state index is 0.0682. The number of carbonyl (C=O) groups is 2. The highest BCUT2D eigenvalue weighted by molar-refractivity contribution is 5.93. The number of anilines is 1. The second-order valence-electron chi connectivity index (χ2n) is 5.19. The van der Waals surface area contributed by atoms with Crippen molar-refractivity contribution in [1.29, 1.82) is 0 Å². The molecule has 20 heavy (non-hydrogen) atoms. The largest absolute Gasteiger partial charge is 0.481 e. The Balaban J connectivity index is 2.11. The topological polar surface area (TPSA) is 69.6 Å². The van der Waals surface area contributed by atoms with E-state index in [1.165, 1.54) is 5.56 Å². The van der Waals surface area contributed by atoms with E-state index in [0.717, 1.165) is 24.9 Å². The number of benzene rings is 1. The molecule has 5 nitrogen and oxygen atoms in total. The molecule has 0 fully saturated rings. The summed E-state index contributed by atoms with van der Waals surface area (Å²) in [5.74, 6) is -0.908. The van der Waals surface area contributed by atoms with E-state index in [1.807, 2.05) is 24.3 Å². The van der Waals surface area contributed by atoms with Gasteiger partial charge in [-0.15, -0.1) is 0 Å². The third-order valence-electron chi connectivity index (χ3n) is 3.46. The number of carboxylic acid groups (broad SMARTS) is 1. The normalized spacial score (nSPS) is 15.9. The minimum Gasteiger partial charge on any atom is -0.481 e. The maximum Gasteiger partial charge on any atom is 0.322 e. The SMILES string of the molecule is CC(CC(=O)O)NC(=O)N1CCCCc2ccccc21. The smallest absolute Gasteiger partial charge is 0.322 e. The van der Waals surface area contributed by atoms with Gasteiger partial charge in [0.2, 0.25) is 0 Å². The van der Waals surface area contributed by atoms with E-state index >= 15 is 0 Å². The summed E-state index contributed by atoms with van der Waals surface area (Å²) in [5, 5.41) is 11.5. The first-order chi connectivity index (χ1) is 9.58. The van der Waals surface area contributed by atoms with Crippen molar-refractivity contribution >= 4 is 17.7 Å². The van der Waals surface area contributed by atoms with Gasteiger partial charge in [-0.05, 0) is 37.8 Å². The number of nitrogens with one attached hydrogen (secondary N) is 1. The van der Waals surface area contributed by atoms with Crippen LogP contribution in [0.25, 0.3) is 0 Å². The molecule has 1 atom stereocenters. The summed E-state index contributed by atoms with van der Waals surface area (Å²) in [6, 6.07) is 7.30. The van der Waals surface area contributed by atoms with Crippen LogP contribution in [0.2, 0.25) is 0 Å². The second-order valence-corrected chi connectivity index (χ2v) is 5.19. The fourth-order valence-corrected chi connectivity index (χ4v) is 2.50. The van der Waals surface area contributed by atoms with Crippen LogP contribution in [0.1, 0.15) is 31.7 Å². The average Bonchev–Trinajstić information content (AvgIpc) is 2.59. The van der Waals surface area contributed by atoms with Gasteiger partial charge >= 0.3 is 12.0 Å². The number of carbonyl (C=O) groups excluding carboxylic acids is 1. The molecule has 1 aromatic carbocycles. The van der Waals surface area contributed by atoms with Gasteiger partial charge in [0.15, 0.2) is 0 Å². The van der Waals surface area contributed by atoms with Crippen LogP contribution in [0.15, 0.2) is 24.3 Å². The number of amides is 2. The Hall–Kier alpha value is -2.04. The Kier molecular flexibility index (Phi) is 4.61. The predicted molar refractivity (Wildman–Crippen MR) is 77.0 cm³/mol. The first kappa shape index (κ1) is 14.4. The van der Waals surface area contributed by atoms with Gasteiger partial charge < -0.3 is 10.4 Å². The van der Waals surface area contributed by atoms with Crippen molar-refractivity contribution in [3.05, 3.63) is 29.8 Å². The standard InChI is InChI=1S/C15H20N2O3/c1-11(10-14(18)19)16-15(20)17-9-5-4-7-12-6-2-3-8-13(12)17/h2-3,6,8,11H,4-5,7,9-10H2,1H3,(H,16,20)(H,18,19). The van der Waals surface area contributed by atoms with Crippen molar-refractivity contribution in [1.82, 2.24) is 5.32 Å². The average molecular weight is 276 g/mol. The van der Waals surface area contributed by atoms with Crippen molar-refractivity contribution in [2.24, 2.45) is 0 Å². The van der Waals surface area contributed by atoms with Gasteiger partial charge in [-0.2, -0.15) is 0 Å². The molecule has 108 valence electrons. The number of para-hydroxylation sites is 1. The highest BCUT2D eigenvalue weighted by Gasteiger charge is 2.22. The highest BCUT2D eigenvalue weighted by atomic mass is 16.4. The fraction of sp³-hybridized carbons (Fsp3) is 0.467. The molecule has 0 radical (unpaired) electrons. The Labute approximate surface area is 118 Å². The van der Waals surface area contributed by atoms with E-state index in [1.54, 1.807) is 11.8 Å². The van der Waals surface area contributed by atoms with E-state index in [4.69, 9.17) is 5.11 Å². The molecule has 2 N–H and O–H groups in total. The number of aryl methyl sites for hydroxylation is 1. The summed E-state index contributed by atoms with van der Waals surface area (Å²) in [6.45, 7) is 2.37. The first-order valence-electron chi connectivity index (χ1n) is 6.95. The summed E-state index contributed by atoms with van der Waals surface area (Å²) >= 11 is 0. The van der Waals surface area contributed by atoms with E-state index < -0.39 is 5.97 Å². The first-order valence-corrected chi connectivity index (χ1v) is 6.95. The molecule has 0 bridgehead atoms. The molecular weight excluding hydrogens is 256 g/mol. The van der Waals surface area contributed by atoms with Crippen molar-refractivity contribution in [2.75, 3.05) is 11.4 Å². The molecule has 1 heterocycles. The van der Waals surface area contributed by atoms with Crippen LogP contribution in [-0.4, -0.2) is 29.7 Å². The maximum atomic E-state index is 12.3. The number of urea groups is 1. The summed E-state index contributed by atoms with van der Waals surface area (Å²) in [6.07, 6.45) is 2.92. The molecule has 5 heteroatoms. The predicted octanol–water partition coefficient (Wildman–Crippen LogP) is 2.40. The highest BCUT2D eigenvalue weighted by Crippen LogP contribution is 2.26. The molecule has 0 saturated heterocycles. The lowest BCUT2D eigenvalue weighted by molar-refractivity contribution is -0.137. The van der Waals surface area contributed by atoms with Gasteiger partial charge in [0.25, 0.3) is 0 Å². The molecule has 1 aliphatic heterocycles.